The number of morpholine rings is 1. The Kier molecular flexibility index (Phi) is 5.45. The van der Waals surface area contributed by atoms with Gasteiger partial charge in [-0.05, 0) is 6.92 Å². The molecule has 10 heavy (non-hydrogen) atoms. The van der Waals surface area contributed by atoms with Gasteiger partial charge in [0.2, 0.25) is 0 Å². The highest BCUT2D eigenvalue weighted by Gasteiger charge is 2.17. The van der Waals surface area contributed by atoms with Gasteiger partial charge >= 0.3 is 0 Å². The van der Waals surface area contributed by atoms with Gasteiger partial charge in [0.05, 0.1) is 18.1 Å². The molecule has 0 aromatic carbocycles. The van der Waals surface area contributed by atoms with E-state index in [1.54, 1.807) is 0 Å². The number of rotatable bonds is 1. The van der Waals surface area contributed by atoms with E-state index in [1.165, 1.54) is 0 Å². The monoisotopic (exact) mass is 185 g/mol. The molecule has 1 N–H and O–H groups in total. The highest BCUT2D eigenvalue weighted by atomic mass is 35.5. The normalized spacial score (nSPS) is 28.8. The maximum Gasteiger partial charge on any atom is 0.0860 e. The molecule has 1 aliphatic heterocycles. The molecule has 2 nitrogen and oxygen atoms in total. The molecule has 1 rings (SSSR count). The van der Waals surface area contributed by atoms with Crippen LogP contribution in [0.3, 0.4) is 0 Å². The first-order chi connectivity index (χ1) is 4.30. The summed E-state index contributed by atoms with van der Waals surface area (Å²) in [7, 11) is 0. The molecule has 2 unspecified atom stereocenters. The van der Waals surface area contributed by atoms with Crippen LogP contribution in [-0.2, 0) is 4.74 Å². The molecule has 1 heterocycles. The summed E-state index contributed by atoms with van der Waals surface area (Å²) in [4.78, 5) is 0. The second kappa shape index (κ2) is 5.19. The third-order valence-corrected chi connectivity index (χ3v) is 1.75. The Labute approximate surface area is 72.7 Å². The number of nitrogens with one attached hydrogen (secondary N) is 1. The fourth-order valence-electron chi connectivity index (χ4n) is 0.881. The molecule has 0 bridgehead atoms. The van der Waals surface area contributed by atoms with Crippen molar-refractivity contribution in [2.24, 2.45) is 0 Å². The van der Waals surface area contributed by atoms with Crippen molar-refractivity contribution in [2.45, 2.75) is 18.4 Å². The summed E-state index contributed by atoms with van der Waals surface area (Å²) in [5.41, 5.74) is 0. The van der Waals surface area contributed by atoms with Crippen molar-refractivity contribution in [1.29, 1.82) is 0 Å². The van der Waals surface area contributed by atoms with Crippen LogP contribution in [0.2, 0.25) is 0 Å². The Morgan fingerprint density at radius 3 is 2.70 bits per heavy atom. The Balaban J connectivity index is 0.000000810. The first-order valence-electron chi connectivity index (χ1n) is 3.27. The van der Waals surface area contributed by atoms with Gasteiger partial charge in [-0.25, -0.2) is 0 Å². The van der Waals surface area contributed by atoms with E-state index in [2.05, 4.69) is 5.32 Å². The van der Waals surface area contributed by atoms with Crippen molar-refractivity contribution >= 4 is 24.0 Å². The Morgan fingerprint density at radius 2 is 2.40 bits per heavy atom. The largest absolute Gasteiger partial charge is 0.374 e. The fourth-order valence-corrected chi connectivity index (χ4v) is 1.04. The summed E-state index contributed by atoms with van der Waals surface area (Å²) < 4.78 is 5.34. The van der Waals surface area contributed by atoms with Gasteiger partial charge in [0.15, 0.2) is 0 Å². The van der Waals surface area contributed by atoms with Gasteiger partial charge in [-0.2, -0.15) is 0 Å². The fraction of sp³-hybridized carbons (Fsp3) is 1.00. The van der Waals surface area contributed by atoms with Gasteiger partial charge in [-0.15, -0.1) is 24.0 Å². The van der Waals surface area contributed by atoms with Gasteiger partial charge in [-0.1, -0.05) is 0 Å². The molecule has 1 fully saturated rings. The number of alkyl halides is 1. The molecule has 0 aliphatic carbocycles. The molecule has 62 valence electrons. The van der Waals surface area contributed by atoms with Crippen LogP contribution in [0.5, 0.6) is 0 Å². The second-order valence-corrected chi connectivity index (χ2v) is 2.98. The third-order valence-electron chi connectivity index (χ3n) is 1.47. The second-order valence-electron chi connectivity index (χ2n) is 2.29. The smallest absolute Gasteiger partial charge is 0.0860 e. The predicted molar refractivity (Wildman–Crippen MR) is 45.2 cm³/mol. The molecule has 2 atom stereocenters. The molecule has 0 spiro atoms. The van der Waals surface area contributed by atoms with Crippen LogP contribution >= 0.6 is 24.0 Å². The maximum absolute atomic E-state index is 5.79. The van der Waals surface area contributed by atoms with Crippen molar-refractivity contribution < 1.29 is 4.74 Å². The minimum absolute atomic E-state index is 0. The average Bonchev–Trinajstić information content (AvgIpc) is 1.90. The minimum Gasteiger partial charge on any atom is -0.374 e. The lowest BCUT2D eigenvalue weighted by Gasteiger charge is -2.25. The number of ether oxygens (including phenoxy) is 1. The molecule has 0 radical (unpaired) electrons. The van der Waals surface area contributed by atoms with E-state index in [-0.39, 0.29) is 23.9 Å². The van der Waals surface area contributed by atoms with E-state index in [0.29, 0.717) is 0 Å². The molecule has 4 heteroatoms. The first-order valence-corrected chi connectivity index (χ1v) is 3.71. The van der Waals surface area contributed by atoms with Gasteiger partial charge in [0, 0.05) is 13.1 Å². The van der Waals surface area contributed by atoms with Gasteiger partial charge < -0.3 is 10.1 Å². The standard InChI is InChI=1S/C6H12ClNO.ClH/c1-5(7)6-4-8-2-3-9-6;/h5-6,8H,2-4H2,1H3;1H. The van der Waals surface area contributed by atoms with Crippen molar-refractivity contribution in [2.75, 3.05) is 19.7 Å². The first kappa shape index (κ1) is 10.5. The Hall–Kier alpha value is 0.500. The van der Waals surface area contributed by atoms with Crippen molar-refractivity contribution in [1.82, 2.24) is 5.32 Å². The molecular weight excluding hydrogens is 173 g/mol. The molecule has 0 aromatic heterocycles. The van der Waals surface area contributed by atoms with E-state index in [4.69, 9.17) is 16.3 Å². The maximum atomic E-state index is 5.79. The summed E-state index contributed by atoms with van der Waals surface area (Å²) in [5, 5.41) is 3.33. The number of hydrogen-bond acceptors (Lipinski definition) is 2. The highest BCUT2D eigenvalue weighted by Crippen LogP contribution is 2.06. The van der Waals surface area contributed by atoms with Crippen LogP contribution in [0.4, 0.5) is 0 Å². The lowest BCUT2D eigenvalue weighted by molar-refractivity contribution is 0.0290. The van der Waals surface area contributed by atoms with Crippen LogP contribution in [-0.4, -0.2) is 31.2 Å². The van der Waals surface area contributed by atoms with Crippen molar-refractivity contribution in [3.05, 3.63) is 0 Å². The van der Waals surface area contributed by atoms with E-state index in [0.717, 1.165) is 19.7 Å². The molecule has 0 aromatic rings. The SMILES string of the molecule is CC(Cl)C1CNCCO1.Cl. The van der Waals surface area contributed by atoms with E-state index in [9.17, 15) is 0 Å². The summed E-state index contributed by atoms with van der Waals surface area (Å²) in [5.74, 6) is 0. The van der Waals surface area contributed by atoms with Gasteiger partial charge in [0.25, 0.3) is 0 Å². The average molecular weight is 186 g/mol. The molecule has 1 saturated heterocycles. The summed E-state index contributed by atoms with van der Waals surface area (Å²) in [6.45, 7) is 4.60. The molecule has 0 saturated carbocycles. The molecular formula is C6H13Cl2NO. The van der Waals surface area contributed by atoms with Crippen LogP contribution in [0.15, 0.2) is 0 Å². The quantitative estimate of drug-likeness (QED) is 0.617. The zero-order chi connectivity index (χ0) is 6.69. The zero-order valence-electron chi connectivity index (χ0n) is 5.97. The van der Waals surface area contributed by atoms with Crippen LogP contribution in [0.25, 0.3) is 0 Å². The minimum atomic E-state index is 0. The summed E-state index contributed by atoms with van der Waals surface area (Å²) >= 11 is 5.79. The topological polar surface area (TPSA) is 21.3 Å². The van der Waals surface area contributed by atoms with Gasteiger partial charge in [0.1, 0.15) is 0 Å². The van der Waals surface area contributed by atoms with Crippen molar-refractivity contribution in [3.8, 4) is 0 Å². The lowest BCUT2D eigenvalue weighted by Crippen LogP contribution is -2.42. The number of hydrogen-bond donors (Lipinski definition) is 1. The van der Waals surface area contributed by atoms with E-state index < -0.39 is 0 Å². The van der Waals surface area contributed by atoms with Gasteiger partial charge in [-0.3, -0.25) is 0 Å². The Bertz CT molecular complexity index is 83.8. The van der Waals surface area contributed by atoms with Crippen LogP contribution < -0.4 is 5.32 Å². The summed E-state index contributed by atoms with van der Waals surface area (Å²) in [6.07, 6.45) is 0.209. The van der Waals surface area contributed by atoms with Crippen LogP contribution in [0, 0.1) is 0 Å². The summed E-state index contributed by atoms with van der Waals surface area (Å²) in [6, 6.07) is 0. The predicted octanol–water partition coefficient (Wildman–Crippen LogP) is 1.02. The zero-order valence-corrected chi connectivity index (χ0v) is 7.54. The van der Waals surface area contributed by atoms with Crippen LogP contribution in [0.1, 0.15) is 6.92 Å². The van der Waals surface area contributed by atoms with Crippen molar-refractivity contribution in [3.63, 3.8) is 0 Å². The molecule has 1 aliphatic rings. The highest BCUT2D eigenvalue weighted by molar-refractivity contribution is 6.20. The number of halogens is 2. The lowest BCUT2D eigenvalue weighted by atomic mass is 10.2. The van der Waals surface area contributed by atoms with E-state index >= 15 is 0 Å². The third kappa shape index (κ3) is 3.06. The van der Waals surface area contributed by atoms with E-state index in [1.807, 2.05) is 6.92 Å². The Morgan fingerprint density at radius 1 is 1.70 bits per heavy atom. The molecule has 0 amide bonds.